The predicted molar refractivity (Wildman–Crippen MR) is 72.6 cm³/mol. The average Bonchev–Trinajstić information content (AvgIpc) is 2.24. The van der Waals surface area contributed by atoms with Gasteiger partial charge >= 0.3 is 0 Å². The van der Waals surface area contributed by atoms with Crippen LogP contribution < -0.4 is 16.0 Å². The Morgan fingerprint density at radius 1 is 1.50 bits per heavy atom. The summed E-state index contributed by atoms with van der Waals surface area (Å²) in [7, 11) is 0. The van der Waals surface area contributed by atoms with Crippen molar-refractivity contribution < 1.29 is 4.79 Å². The second kappa shape index (κ2) is 6.18. The molecular formula is C12H21N5O. The highest BCUT2D eigenvalue weighted by Gasteiger charge is 2.15. The molecule has 0 bridgehead atoms. The summed E-state index contributed by atoms with van der Waals surface area (Å²) in [5, 5.41) is 3.07. The van der Waals surface area contributed by atoms with E-state index in [4.69, 9.17) is 5.73 Å². The zero-order valence-corrected chi connectivity index (χ0v) is 11.4. The SMILES string of the molecule is CCNc1nc(C)cc(N(CC(N)=O)C(C)C)n1. The zero-order valence-electron chi connectivity index (χ0n) is 11.4. The minimum Gasteiger partial charge on any atom is -0.368 e. The summed E-state index contributed by atoms with van der Waals surface area (Å²) in [5.41, 5.74) is 6.12. The molecule has 3 N–H and O–H groups in total. The molecule has 0 fully saturated rings. The number of aryl methyl sites for hydroxylation is 1. The molecular weight excluding hydrogens is 230 g/mol. The van der Waals surface area contributed by atoms with Gasteiger partial charge in [0.25, 0.3) is 0 Å². The van der Waals surface area contributed by atoms with Gasteiger partial charge in [-0.2, -0.15) is 4.98 Å². The van der Waals surface area contributed by atoms with Gasteiger partial charge in [0.15, 0.2) is 0 Å². The molecule has 1 aromatic rings. The molecule has 0 radical (unpaired) electrons. The smallest absolute Gasteiger partial charge is 0.237 e. The number of aromatic nitrogens is 2. The van der Waals surface area contributed by atoms with Crippen molar-refractivity contribution in [3.05, 3.63) is 11.8 Å². The van der Waals surface area contributed by atoms with Gasteiger partial charge in [0.1, 0.15) is 5.82 Å². The quantitative estimate of drug-likeness (QED) is 0.785. The highest BCUT2D eigenvalue weighted by atomic mass is 16.1. The lowest BCUT2D eigenvalue weighted by Gasteiger charge is -2.26. The summed E-state index contributed by atoms with van der Waals surface area (Å²) in [4.78, 5) is 21.6. The van der Waals surface area contributed by atoms with Crippen molar-refractivity contribution in [3.63, 3.8) is 0 Å². The lowest BCUT2D eigenvalue weighted by atomic mass is 10.3. The van der Waals surface area contributed by atoms with Crippen molar-refractivity contribution in [2.45, 2.75) is 33.7 Å². The number of carbonyl (C=O) groups is 1. The number of hydrogen-bond donors (Lipinski definition) is 2. The van der Waals surface area contributed by atoms with Crippen LogP contribution in [0.3, 0.4) is 0 Å². The Labute approximate surface area is 108 Å². The number of primary amides is 1. The van der Waals surface area contributed by atoms with Crippen molar-refractivity contribution in [1.29, 1.82) is 0 Å². The topological polar surface area (TPSA) is 84.1 Å². The first kappa shape index (κ1) is 14.2. The van der Waals surface area contributed by atoms with Crippen LogP contribution in [0.25, 0.3) is 0 Å². The number of nitrogens with zero attached hydrogens (tertiary/aromatic N) is 3. The summed E-state index contributed by atoms with van der Waals surface area (Å²) >= 11 is 0. The molecule has 0 saturated carbocycles. The van der Waals surface area contributed by atoms with Crippen LogP contribution in [-0.2, 0) is 4.79 Å². The number of rotatable bonds is 6. The van der Waals surface area contributed by atoms with E-state index in [0.29, 0.717) is 11.8 Å². The van der Waals surface area contributed by atoms with Gasteiger partial charge < -0.3 is 16.0 Å². The Morgan fingerprint density at radius 2 is 2.17 bits per heavy atom. The van der Waals surface area contributed by atoms with Crippen molar-refractivity contribution in [1.82, 2.24) is 9.97 Å². The summed E-state index contributed by atoms with van der Waals surface area (Å²) in [6, 6.07) is 1.99. The predicted octanol–water partition coefficient (Wildman–Crippen LogP) is 0.917. The van der Waals surface area contributed by atoms with Crippen LogP contribution in [0.1, 0.15) is 26.5 Å². The van der Waals surface area contributed by atoms with Gasteiger partial charge in [-0.05, 0) is 27.7 Å². The van der Waals surface area contributed by atoms with Gasteiger partial charge in [-0.3, -0.25) is 4.79 Å². The van der Waals surface area contributed by atoms with Gasteiger partial charge in [-0.25, -0.2) is 4.98 Å². The second-order valence-corrected chi connectivity index (χ2v) is 4.41. The molecule has 1 rings (SSSR count). The third-order valence-electron chi connectivity index (χ3n) is 2.42. The minimum absolute atomic E-state index is 0.140. The molecule has 1 heterocycles. The Bertz CT molecular complexity index is 419. The lowest BCUT2D eigenvalue weighted by molar-refractivity contribution is -0.116. The minimum atomic E-state index is -0.370. The third kappa shape index (κ3) is 3.87. The Hall–Kier alpha value is -1.85. The van der Waals surface area contributed by atoms with Crippen LogP contribution >= 0.6 is 0 Å². The first-order valence-corrected chi connectivity index (χ1v) is 6.08. The Balaban J connectivity index is 3.06. The molecule has 0 aliphatic rings. The molecule has 6 heteroatoms. The summed E-state index contributed by atoms with van der Waals surface area (Å²) in [6.45, 7) is 8.77. The van der Waals surface area contributed by atoms with Crippen LogP contribution in [0.4, 0.5) is 11.8 Å². The molecule has 0 aliphatic carbocycles. The molecule has 0 saturated heterocycles. The van der Waals surface area contributed by atoms with E-state index in [1.54, 1.807) is 0 Å². The third-order valence-corrected chi connectivity index (χ3v) is 2.42. The number of hydrogen-bond acceptors (Lipinski definition) is 5. The zero-order chi connectivity index (χ0) is 13.7. The van der Waals surface area contributed by atoms with E-state index in [0.717, 1.165) is 12.2 Å². The maximum Gasteiger partial charge on any atom is 0.237 e. The van der Waals surface area contributed by atoms with Crippen molar-refractivity contribution in [2.24, 2.45) is 5.73 Å². The van der Waals surface area contributed by atoms with Crippen molar-refractivity contribution >= 4 is 17.7 Å². The van der Waals surface area contributed by atoms with E-state index in [9.17, 15) is 4.79 Å². The number of nitrogens with one attached hydrogen (secondary N) is 1. The largest absolute Gasteiger partial charge is 0.368 e. The van der Waals surface area contributed by atoms with Crippen molar-refractivity contribution in [3.8, 4) is 0 Å². The Kier molecular flexibility index (Phi) is 4.88. The first-order chi connectivity index (χ1) is 8.43. The molecule has 6 nitrogen and oxygen atoms in total. The highest BCUT2D eigenvalue weighted by Crippen LogP contribution is 2.17. The summed E-state index contributed by atoms with van der Waals surface area (Å²) in [6.07, 6.45) is 0. The van der Waals surface area contributed by atoms with Crippen LogP contribution in [0, 0.1) is 6.92 Å². The summed E-state index contributed by atoms with van der Waals surface area (Å²) < 4.78 is 0. The molecule has 1 aromatic heterocycles. The lowest BCUT2D eigenvalue weighted by Crippen LogP contribution is -2.39. The first-order valence-electron chi connectivity index (χ1n) is 6.08. The maximum atomic E-state index is 11.1. The van der Waals surface area contributed by atoms with E-state index in [2.05, 4.69) is 15.3 Å². The van der Waals surface area contributed by atoms with Gasteiger partial charge in [0.05, 0.1) is 6.54 Å². The Morgan fingerprint density at radius 3 is 2.67 bits per heavy atom. The number of carbonyl (C=O) groups excluding carboxylic acids is 1. The number of amides is 1. The molecule has 0 aliphatic heterocycles. The standard InChI is InChI=1S/C12H21N5O/c1-5-14-12-15-9(4)6-11(16-12)17(8(2)3)7-10(13)18/h6,8H,5,7H2,1-4H3,(H2,13,18)(H,14,15,16). The van der Waals surface area contributed by atoms with Crippen LogP contribution in [0.2, 0.25) is 0 Å². The summed E-state index contributed by atoms with van der Waals surface area (Å²) in [5.74, 6) is 0.917. The van der Waals surface area contributed by atoms with E-state index in [1.807, 2.05) is 38.7 Å². The molecule has 18 heavy (non-hydrogen) atoms. The fourth-order valence-corrected chi connectivity index (χ4v) is 1.63. The molecule has 1 amide bonds. The average molecular weight is 251 g/mol. The molecule has 0 atom stereocenters. The van der Waals surface area contributed by atoms with Crippen LogP contribution in [-0.4, -0.2) is 35.0 Å². The normalized spacial score (nSPS) is 10.5. The maximum absolute atomic E-state index is 11.1. The van der Waals surface area contributed by atoms with E-state index < -0.39 is 0 Å². The van der Waals surface area contributed by atoms with E-state index >= 15 is 0 Å². The van der Waals surface area contributed by atoms with Gasteiger partial charge in [0.2, 0.25) is 11.9 Å². The van der Waals surface area contributed by atoms with Gasteiger partial charge in [-0.1, -0.05) is 0 Å². The van der Waals surface area contributed by atoms with Crippen LogP contribution in [0.15, 0.2) is 6.07 Å². The van der Waals surface area contributed by atoms with Gasteiger partial charge in [-0.15, -0.1) is 0 Å². The monoisotopic (exact) mass is 251 g/mol. The molecule has 100 valence electrons. The fourth-order valence-electron chi connectivity index (χ4n) is 1.63. The fraction of sp³-hybridized carbons (Fsp3) is 0.583. The number of anilines is 2. The molecule has 0 aromatic carbocycles. The second-order valence-electron chi connectivity index (χ2n) is 4.41. The van der Waals surface area contributed by atoms with Crippen LogP contribution in [0.5, 0.6) is 0 Å². The molecule has 0 spiro atoms. The van der Waals surface area contributed by atoms with Crippen molar-refractivity contribution in [2.75, 3.05) is 23.3 Å². The molecule has 0 unspecified atom stereocenters. The number of nitrogens with two attached hydrogens (primary N) is 1. The van der Waals surface area contributed by atoms with E-state index in [1.165, 1.54) is 0 Å². The van der Waals surface area contributed by atoms with Gasteiger partial charge in [0, 0.05) is 24.3 Å². The van der Waals surface area contributed by atoms with E-state index in [-0.39, 0.29) is 18.5 Å². The highest BCUT2D eigenvalue weighted by molar-refractivity contribution is 5.79.